The predicted molar refractivity (Wildman–Crippen MR) is 70.2 cm³/mol. The van der Waals surface area contributed by atoms with E-state index in [1.165, 1.54) is 0 Å². The van der Waals surface area contributed by atoms with Crippen LogP contribution in [0.15, 0.2) is 42.5 Å². The van der Waals surface area contributed by atoms with E-state index in [9.17, 15) is 5.11 Å². The van der Waals surface area contributed by atoms with Crippen molar-refractivity contribution in [3.8, 4) is 17.2 Å². The van der Waals surface area contributed by atoms with Crippen LogP contribution < -0.4 is 9.47 Å². The fraction of sp³-hybridized carbons (Fsp3) is 0.200. The first-order valence-electron chi connectivity index (χ1n) is 5.75. The average molecular weight is 244 g/mol. The molecule has 0 unspecified atom stereocenters. The van der Waals surface area contributed by atoms with Crippen molar-refractivity contribution in [2.75, 3.05) is 7.11 Å². The SMILES string of the molecule is COc1cc(O)ccc1COc1ccccc1C. The van der Waals surface area contributed by atoms with Gasteiger partial charge >= 0.3 is 0 Å². The van der Waals surface area contributed by atoms with Gasteiger partial charge in [-0.3, -0.25) is 0 Å². The predicted octanol–water partition coefficient (Wildman–Crippen LogP) is 3.29. The summed E-state index contributed by atoms with van der Waals surface area (Å²) in [5.74, 6) is 1.67. The molecule has 0 aliphatic heterocycles. The van der Waals surface area contributed by atoms with Crippen LogP contribution in [-0.2, 0) is 6.61 Å². The van der Waals surface area contributed by atoms with Crippen LogP contribution in [0, 0.1) is 6.92 Å². The second-order valence-corrected chi connectivity index (χ2v) is 4.05. The molecule has 0 saturated carbocycles. The first-order chi connectivity index (χ1) is 8.70. The molecule has 0 fully saturated rings. The first-order valence-corrected chi connectivity index (χ1v) is 5.75. The highest BCUT2D eigenvalue weighted by Gasteiger charge is 2.06. The summed E-state index contributed by atoms with van der Waals surface area (Å²) in [6.07, 6.45) is 0. The highest BCUT2D eigenvalue weighted by Crippen LogP contribution is 2.26. The van der Waals surface area contributed by atoms with Crippen molar-refractivity contribution >= 4 is 0 Å². The van der Waals surface area contributed by atoms with E-state index >= 15 is 0 Å². The molecular formula is C15H16O3. The maximum absolute atomic E-state index is 9.38. The molecule has 94 valence electrons. The van der Waals surface area contributed by atoms with E-state index in [-0.39, 0.29) is 5.75 Å². The number of ether oxygens (including phenoxy) is 2. The molecule has 0 aliphatic carbocycles. The van der Waals surface area contributed by atoms with Gasteiger partial charge in [0.2, 0.25) is 0 Å². The van der Waals surface area contributed by atoms with Crippen molar-refractivity contribution in [3.05, 3.63) is 53.6 Å². The maximum Gasteiger partial charge on any atom is 0.129 e. The summed E-state index contributed by atoms with van der Waals surface area (Å²) in [5, 5.41) is 9.38. The molecule has 0 heterocycles. The summed E-state index contributed by atoms with van der Waals surface area (Å²) in [6, 6.07) is 12.9. The van der Waals surface area contributed by atoms with Gasteiger partial charge in [0.1, 0.15) is 23.9 Å². The van der Waals surface area contributed by atoms with Gasteiger partial charge in [-0.25, -0.2) is 0 Å². The Balaban J connectivity index is 2.13. The number of rotatable bonds is 4. The summed E-state index contributed by atoms with van der Waals surface area (Å²) < 4.78 is 10.9. The fourth-order valence-electron chi connectivity index (χ4n) is 1.73. The van der Waals surface area contributed by atoms with Crippen molar-refractivity contribution in [1.82, 2.24) is 0 Å². The first kappa shape index (κ1) is 12.3. The molecule has 0 atom stereocenters. The fourth-order valence-corrected chi connectivity index (χ4v) is 1.73. The van der Waals surface area contributed by atoms with Crippen LogP contribution in [0.4, 0.5) is 0 Å². The zero-order valence-electron chi connectivity index (χ0n) is 10.5. The second kappa shape index (κ2) is 5.45. The molecule has 0 aromatic heterocycles. The molecule has 0 radical (unpaired) electrons. The van der Waals surface area contributed by atoms with Crippen LogP contribution >= 0.6 is 0 Å². The second-order valence-electron chi connectivity index (χ2n) is 4.05. The van der Waals surface area contributed by atoms with Crippen molar-refractivity contribution in [3.63, 3.8) is 0 Å². The van der Waals surface area contributed by atoms with Gasteiger partial charge in [-0.2, -0.15) is 0 Å². The molecule has 1 N–H and O–H groups in total. The molecule has 3 nitrogen and oxygen atoms in total. The number of phenols is 1. The third kappa shape index (κ3) is 2.74. The van der Waals surface area contributed by atoms with Gasteiger partial charge in [-0.1, -0.05) is 18.2 Å². The molecule has 3 heteroatoms. The van der Waals surface area contributed by atoms with Crippen molar-refractivity contribution in [2.24, 2.45) is 0 Å². The normalized spacial score (nSPS) is 10.1. The van der Waals surface area contributed by atoms with E-state index < -0.39 is 0 Å². The van der Waals surface area contributed by atoms with E-state index in [1.807, 2.05) is 31.2 Å². The Bertz CT molecular complexity index is 535. The molecule has 18 heavy (non-hydrogen) atoms. The molecular weight excluding hydrogens is 228 g/mol. The average Bonchev–Trinajstić information content (AvgIpc) is 2.39. The Kier molecular flexibility index (Phi) is 3.72. The van der Waals surface area contributed by atoms with Crippen molar-refractivity contribution < 1.29 is 14.6 Å². The Morgan fingerprint density at radius 3 is 2.56 bits per heavy atom. The number of aryl methyl sites for hydroxylation is 1. The van der Waals surface area contributed by atoms with Gasteiger partial charge in [0.15, 0.2) is 0 Å². The summed E-state index contributed by atoms with van der Waals surface area (Å²) >= 11 is 0. The third-order valence-electron chi connectivity index (χ3n) is 2.75. The van der Waals surface area contributed by atoms with Crippen LogP contribution in [0.1, 0.15) is 11.1 Å². The topological polar surface area (TPSA) is 38.7 Å². The van der Waals surface area contributed by atoms with E-state index in [0.29, 0.717) is 12.4 Å². The molecule has 0 saturated heterocycles. The summed E-state index contributed by atoms with van der Waals surface area (Å²) in [7, 11) is 1.58. The number of methoxy groups -OCH3 is 1. The Morgan fingerprint density at radius 2 is 1.83 bits per heavy atom. The summed E-state index contributed by atoms with van der Waals surface area (Å²) in [4.78, 5) is 0. The molecule has 2 aromatic carbocycles. The molecule has 2 aromatic rings. The highest BCUT2D eigenvalue weighted by atomic mass is 16.5. The van der Waals surface area contributed by atoms with Crippen molar-refractivity contribution in [1.29, 1.82) is 0 Å². The van der Waals surface area contributed by atoms with Gasteiger partial charge in [0.25, 0.3) is 0 Å². The largest absolute Gasteiger partial charge is 0.508 e. The van der Waals surface area contributed by atoms with Gasteiger partial charge < -0.3 is 14.6 Å². The zero-order chi connectivity index (χ0) is 13.0. The minimum Gasteiger partial charge on any atom is -0.508 e. The number of para-hydroxylation sites is 1. The zero-order valence-corrected chi connectivity index (χ0v) is 10.5. The lowest BCUT2D eigenvalue weighted by Crippen LogP contribution is -1.99. The van der Waals surface area contributed by atoms with E-state index in [4.69, 9.17) is 9.47 Å². The standard InChI is InChI=1S/C15H16O3/c1-11-5-3-4-6-14(11)18-10-12-7-8-13(16)9-15(12)17-2/h3-9,16H,10H2,1-2H3. The monoisotopic (exact) mass is 244 g/mol. The van der Waals surface area contributed by atoms with Crippen LogP contribution in [0.3, 0.4) is 0 Å². The Labute approximate surface area is 107 Å². The van der Waals surface area contributed by atoms with Crippen LogP contribution in [-0.4, -0.2) is 12.2 Å². The lowest BCUT2D eigenvalue weighted by Gasteiger charge is -2.12. The Morgan fingerprint density at radius 1 is 1.06 bits per heavy atom. The van der Waals surface area contributed by atoms with Gasteiger partial charge in [-0.15, -0.1) is 0 Å². The third-order valence-corrected chi connectivity index (χ3v) is 2.75. The van der Waals surface area contributed by atoms with Gasteiger partial charge in [0, 0.05) is 11.6 Å². The number of aromatic hydroxyl groups is 1. The lowest BCUT2D eigenvalue weighted by atomic mass is 10.2. The molecule has 0 amide bonds. The van der Waals surface area contributed by atoms with Crippen LogP contribution in [0.5, 0.6) is 17.2 Å². The summed E-state index contributed by atoms with van der Waals surface area (Å²) in [5.41, 5.74) is 1.99. The van der Waals surface area contributed by atoms with Crippen LogP contribution in [0.2, 0.25) is 0 Å². The smallest absolute Gasteiger partial charge is 0.129 e. The number of phenolic OH excluding ortho intramolecular Hbond substituents is 1. The lowest BCUT2D eigenvalue weighted by molar-refractivity contribution is 0.294. The Hall–Kier alpha value is -2.16. The van der Waals surface area contributed by atoms with Gasteiger partial charge in [0.05, 0.1) is 7.11 Å². The van der Waals surface area contributed by atoms with E-state index in [0.717, 1.165) is 16.9 Å². The van der Waals surface area contributed by atoms with Gasteiger partial charge in [-0.05, 0) is 30.7 Å². The molecule has 0 aliphatic rings. The van der Waals surface area contributed by atoms with Crippen LogP contribution in [0.25, 0.3) is 0 Å². The summed E-state index contributed by atoms with van der Waals surface area (Å²) in [6.45, 7) is 2.41. The minimum atomic E-state index is 0.187. The number of benzene rings is 2. The molecule has 0 bridgehead atoms. The number of hydrogen-bond acceptors (Lipinski definition) is 3. The number of hydrogen-bond donors (Lipinski definition) is 1. The quantitative estimate of drug-likeness (QED) is 0.897. The van der Waals surface area contributed by atoms with Crippen molar-refractivity contribution in [2.45, 2.75) is 13.5 Å². The molecule has 2 rings (SSSR count). The highest BCUT2D eigenvalue weighted by molar-refractivity contribution is 5.40. The van der Waals surface area contributed by atoms with E-state index in [2.05, 4.69) is 0 Å². The minimum absolute atomic E-state index is 0.187. The maximum atomic E-state index is 9.38. The molecule has 0 spiro atoms. The van der Waals surface area contributed by atoms with E-state index in [1.54, 1.807) is 25.3 Å².